The van der Waals surface area contributed by atoms with Crippen LogP contribution in [0.15, 0.2) is 42.7 Å². The van der Waals surface area contributed by atoms with Crippen LogP contribution in [0.5, 0.6) is 0 Å². The molecule has 1 aromatic carbocycles. The fourth-order valence-electron chi connectivity index (χ4n) is 2.54. The number of nitrogens with zero attached hydrogens (tertiary/aromatic N) is 2. The molecule has 1 atom stereocenters. The van der Waals surface area contributed by atoms with Gasteiger partial charge < -0.3 is 10.6 Å². The van der Waals surface area contributed by atoms with Gasteiger partial charge in [0.2, 0.25) is 5.91 Å². The molecule has 2 N–H and O–H groups in total. The molecule has 0 bridgehead atoms. The van der Waals surface area contributed by atoms with Gasteiger partial charge in [-0.05, 0) is 43.6 Å². The second-order valence-corrected chi connectivity index (χ2v) is 5.08. The number of hydrogen-bond donors (Lipinski definition) is 2. The average Bonchev–Trinajstić information content (AvgIpc) is 3.11. The van der Waals surface area contributed by atoms with Crippen molar-refractivity contribution in [2.75, 3.05) is 18.4 Å². The van der Waals surface area contributed by atoms with Crippen molar-refractivity contribution in [3.05, 3.63) is 42.7 Å². The summed E-state index contributed by atoms with van der Waals surface area (Å²) in [4.78, 5) is 12.1. The number of hydrogen-bond acceptors (Lipinski definition) is 3. The van der Waals surface area contributed by atoms with E-state index in [1.165, 1.54) is 0 Å². The molecule has 1 fully saturated rings. The molecule has 1 aliphatic heterocycles. The van der Waals surface area contributed by atoms with Crippen LogP contribution in [0.1, 0.15) is 12.8 Å². The quantitative estimate of drug-likeness (QED) is 0.891. The minimum absolute atomic E-state index is 0.0679. The zero-order valence-corrected chi connectivity index (χ0v) is 11.2. The lowest BCUT2D eigenvalue weighted by molar-refractivity contribution is -0.116. The van der Waals surface area contributed by atoms with Crippen molar-refractivity contribution in [2.24, 2.45) is 5.92 Å². The lowest BCUT2D eigenvalue weighted by atomic mass is 10.0. The second kappa shape index (κ2) is 5.88. The van der Waals surface area contributed by atoms with Gasteiger partial charge in [0, 0.05) is 18.8 Å². The van der Waals surface area contributed by atoms with E-state index in [9.17, 15) is 4.79 Å². The fraction of sp³-hybridized carbons (Fsp3) is 0.333. The Labute approximate surface area is 118 Å². The summed E-state index contributed by atoms with van der Waals surface area (Å²) < 4.78 is 1.76. The maximum Gasteiger partial charge on any atom is 0.224 e. The molecule has 2 heterocycles. The largest absolute Gasteiger partial charge is 0.324 e. The highest BCUT2D eigenvalue weighted by Crippen LogP contribution is 2.20. The number of para-hydroxylation sites is 2. The molecule has 0 spiro atoms. The minimum Gasteiger partial charge on any atom is -0.324 e. The van der Waals surface area contributed by atoms with Crippen LogP contribution in [0.4, 0.5) is 5.69 Å². The molecule has 0 radical (unpaired) electrons. The van der Waals surface area contributed by atoms with Crippen LogP contribution in [0.3, 0.4) is 0 Å². The van der Waals surface area contributed by atoms with E-state index < -0.39 is 0 Å². The third-order valence-electron chi connectivity index (χ3n) is 3.57. The number of benzene rings is 1. The van der Waals surface area contributed by atoms with E-state index in [1.807, 2.05) is 36.5 Å². The van der Waals surface area contributed by atoms with Crippen molar-refractivity contribution < 1.29 is 4.79 Å². The van der Waals surface area contributed by atoms with Crippen LogP contribution in [0.2, 0.25) is 0 Å². The lowest BCUT2D eigenvalue weighted by Gasteiger charge is -2.12. The van der Waals surface area contributed by atoms with Crippen LogP contribution in [0, 0.1) is 5.92 Å². The summed E-state index contributed by atoms with van der Waals surface area (Å²) in [5, 5.41) is 10.5. The van der Waals surface area contributed by atoms with Crippen LogP contribution in [0.25, 0.3) is 5.69 Å². The van der Waals surface area contributed by atoms with E-state index in [2.05, 4.69) is 15.7 Å². The molecule has 2 aromatic rings. The van der Waals surface area contributed by atoms with Gasteiger partial charge in [-0.25, -0.2) is 4.68 Å². The average molecular weight is 270 g/mol. The summed E-state index contributed by atoms with van der Waals surface area (Å²) >= 11 is 0. The van der Waals surface area contributed by atoms with Gasteiger partial charge in [0.1, 0.15) is 0 Å². The summed E-state index contributed by atoms with van der Waals surface area (Å²) in [6.07, 6.45) is 5.24. The molecule has 20 heavy (non-hydrogen) atoms. The Kier molecular flexibility index (Phi) is 3.78. The van der Waals surface area contributed by atoms with Crippen LogP contribution < -0.4 is 10.6 Å². The highest BCUT2D eigenvalue weighted by atomic mass is 16.1. The Balaban J connectivity index is 1.72. The van der Waals surface area contributed by atoms with Crippen molar-refractivity contribution in [3.63, 3.8) is 0 Å². The third-order valence-corrected chi connectivity index (χ3v) is 3.57. The summed E-state index contributed by atoms with van der Waals surface area (Å²) in [5.74, 6) is 0.519. The standard InChI is InChI=1S/C15H18N4O/c20-15(10-12-6-8-16-11-12)18-13-4-1-2-5-14(13)19-9-3-7-17-19/h1-5,7,9,12,16H,6,8,10-11H2,(H,18,20). The number of rotatable bonds is 4. The summed E-state index contributed by atoms with van der Waals surface area (Å²) in [5.41, 5.74) is 1.68. The molecule has 1 saturated heterocycles. The topological polar surface area (TPSA) is 59.0 Å². The highest BCUT2D eigenvalue weighted by molar-refractivity contribution is 5.92. The molecular weight excluding hydrogens is 252 g/mol. The van der Waals surface area contributed by atoms with Crippen LogP contribution in [-0.2, 0) is 4.79 Å². The van der Waals surface area contributed by atoms with Crippen molar-refractivity contribution >= 4 is 11.6 Å². The molecule has 104 valence electrons. The number of amides is 1. The second-order valence-electron chi connectivity index (χ2n) is 5.08. The molecule has 0 saturated carbocycles. The molecule has 1 unspecified atom stereocenters. The smallest absolute Gasteiger partial charge is 0.224 e. The van der Waals surface area contributed by atoms with E-state index >= 15 is 0 Å². The maximum absolute atomic E-state index is 12.1. The minimum atomic E-state index is 0.0679. The monoisotopic (exact) mass is 270 g/mol. The first-order chi connectivity index (χ1) is 9.83. The van der Waals surface area contributed by atoms with Crippen LogP contribution in [-0.4, -0.2) is 28.8 Å². The van der Waals surface area contributed by atoms with Gasteiger partial charge in [0.25, 0.3) is 0 Å². The number of nitrogens with one attached hydrogen (secondary N) is 2. The highest BCUT2D eigenvalue weighted by Gasteiger charge is 2.18. The molecule has 5 nitrogen and oxygen atoms in total. The van der Waals surface area contributed by atoms with E-state index in [0.29, 0.717) is 12.3 Å². The molecule has 1 aromatic heterocycles. The SMILES string of the molecule is O=C(CC1CCNC1)Nc1ccccc1-n1cccn1. The van der Waals surface area contributed by atoms with Crippen LogP contribution >= 0.6 is 0 Å². The van der Waals surface area contributed by atoms with E-state index in [-0.39, 0.29) is 5.91 Å². The Hall–Kier alpha value is -2.14. The number of anilines is 1. The summed E-state index contributed by atoms with van der Waals surface area (Å²) in [7, 11) is 0. The van der Waals surface area contributed by atoms with Gasteiger partial charge >= 0.3 is 0 Å². The Morgan fingerprint density at radius 3 is 3.05 bits per heavy atom. The molecular formula is C15H18N4O. The lowest BCUT2D eigenvalue weighted by Crippen LogP contribution is -2.19. The molecule has 0 aliphatic carbocycles. The van der Waals surface area contributed by atoms with Gasteiger partial charge in [0.15, 0.2) is 0 Å². The molecule has 3 rings (SSSR count). The van der Waals surface area contributed by atoms with Gasteiger partial charge in [-0.3, -0.25) is 4.79 Å². The predicted molar refractivity (Wildman–Crippen MR) is 77.8 cm³/mol. The van der Waals surface area contributed by atoms with E-state index in [4.69, 9.17) is 0 Å². The van der Waals surface area contributed by atoms with Gasteiger partial charge in [-0.15, -0.1) is 0 Å². The van der Waals surface area contributed by atoms with Crippen molar-refractivity contribution in [1.29, 1.82) is 0 Å². The number of carbonyl (C=O) groups is 1. The van der Waals surface area contributed by atoms with Crippen molar-refractivity contribution in [2.45, 2.75) is 12.8 Å². The zero-order valence-electron chi connectivity index (χ0n) is 11.2. The first kappa shape index (κ1) is 12.9. The Morgan fingerprint density at radius 1 is 1.40 bits per heavy atom. The predicted octanol–water partition coefficient (Wildman–Crippen LogP) is 1.81. The maximum atomic E-state index is 12.1. The first-order valence-electron chi connectivity index (χ1n) is 6.92. The van der Waals surface area contributed by atoms with Gasteiger partial charge in [-0.2, -0.15) is 5.10 Å². The van der Waals surface area contributed by atoms with Gasteiger partial charge in [-0.1, -0.05) is 12.1 Å². The summed E-state index contributed by atoms with van der Waals surface area (Å²) in [6.45, 7) is 1.95. The van der Waals surface area contributed by atoms with Crippen molar-refractivity contribution in [3.8, 4) is 5.69 Å². The Bertz CT molecular complexity index is 573. The number of carbonyl (C=O) groups excluding carboxylic acids is 1. The van der Waals surface area contributed by atoms with Gasteiger partial charge in [0.05, 0.1) is 11.4 Å². The van der Waals surface area contributed by atoms with E-state index in [0.717, 1.165) is 30.9 Å². The zero-order chi connectivity index (χ0) is 13.8. The first-order valence-corrected chi connectivity index (χ1v) is 6.92. The fourth-order valence-corrected chi connectivity index (χ4v) is 2.54. The van der Waals surface area contributed by atoms with E-state index in [1.54, 1.807) is 10.9 Å². The Morgan fingerprint density at radius 2 is 2.30 bits per heavy atom. The van der Waals surface area contributed by atoms with Crippen molar-refractivity contribution in [1.82, 2.24) is 15.1 Å². The molecule has 1 aliphatic rings. The molecule has 5 heteroatoms. The molecule has 1 amide bonds. The summed E-state index contributed by atoms with van der Waals surface area (Å²) in [6, 6.07) is 9.57. The normalized spacial score (nSPS) is 18.1. The third kappa shape index (κ3) is 2.88. The number of aromatic nitrogens is 2.